The summed E-state index contributed by atoms with van der Waals surface area (Å²) in [7, 11) is 1.47. The predicted octanol–water partition coefficient (Wildman–Crippen LogP) is 3.08. The number of nitrogens with one attached hydrogen (secondary N) is 1. The average molecular weight is 458 g/mol. The van der Waals surface area contributed by atoms with Crippen molar-refractivity contribution in [2.24, 2.45) is 0 Å². The number of methoxy groups -OCH3 is 1. The van der Waals surface area contributed by atoms with Gasteiger partial charge in [-0.2, -0.15) is 0 Å². The first-order valence-corrected chi connectivity index (χ1v) is 10.6. The minimum absolute atomic E-state index is 0.0548. The number of anilines is 1. The molecule has 0 unspecified atom stereocenters. The largest absolute Gasteiger partial charge is 0.495 e. The van der Waals surface area contributed by atoms with E-state index in [1.807, 2.05) is 6.07 Å². The number of rotatable bonds is 8. The molecule has 1 atom stereocenters. The van der Waals surface area contributed by atoms with Gasteiger partial charge in [-0.1, -0.05) is 54.6 Å². The zero-order chi connectivity index (χ0) is 24.1. The van der Waals surface area contributed by atoms with Crippen molar-refractivity contribution in [3.05, 3.63) is 95.6 Å². The third kappa shape index (κ3) is 4.66. The highest BCUT2D eigenvalue weighted by molar-refractivity contribution is 6.22. The molecule has 0 aliphatic carbocycles. The van der Waals surface area contributed by atoms with Crippen LogP contribution in [0.2, 0.25) is 0 Å². The van der Waals surface area contributed by atoms with Gasteiger partial charge in [0.15, 0.2) is 6.61 Å². The van der Waals surface area contributed by atoms with Gasteiger partial charge >= 0.3 is 5.97 Å². The van der Waals surface area contributed by atoms with Gasteiger partial charge in [-0.25, -0.2) is 4.79 Å². The summed E-state index contributed by atoms with van der Waals surface area (Å²) in [4.78, 5) is 52.4. The number of carbonyl (C=O) groups is 4. The molecule has 1 aliphatic heterocycles. The fourth-order valence-electron chi connectivity index (χ4n) is 3.78. The SMILES string of the molecule is COc1ccccc1NC(=O)COC(=O)[C@@H](Cc1ccccc1)N1C(=O)c2ccccc2C1=O. The van der Waals surface area contributed by atoms with Crippen LogP contribution in [0.4, 0.5) is 5.69 Å². The van der Waals surface area contributed by atoms with Crippen molar-refractivity contribution in [1.82, 2.24) is 4.90 Å². The number of esters is 1. The normalized spacial score (nSPS) is 13.3. The second-order valence-corrected chi connectivity index (χ2v) is 7.59. The smallest absolute Gasteiger partial charge is 0.330 e. The summed E-state index contributed by atoms with van der Waals surface area (Å²) in [5, 5.41) is 2.62. The van der Waals surface area contributed by atoms with Crippen molar-refractivity contribution in [2.75, 3.05) is 19.0 Å². The van der Waals surface area contributed by atoms with Gasteiger partial charge in [0.2, 0.25) is 0 Å². The Morgan fingerprint density at radius 3 is 2.09 bits per heavy atom. The number of benzene rings is 3. The molecule has 4 rings (SSSR count). The van der Waals surface area contributed by atoms with Crippen LogP contribution in [0.5, 0.6) is 5.75 Å². The van der Waals surface area contributed by atoms with E-state index in [-0.39, 0.29) is 17.5 Å². The van der Waals surface area contributed by atoms with Crippen LogP contribution >= 0.6 is 0 Å². The van der Waals surface area contributed by atoms with Crippen molar-refractivity contribution in [2.45, 2.75) is 12.5 Å². The van der Waals surface area contributed by atoms with Gasteiger partial charge in [0, 0.05) is 6.42 Å². The fourth-order valence-corrected chi connectivity index (χ4v) is 3.78. The molecular formula is C26H22N2O6. The minimum Gasteiger partial charge on any atom is -0.495 e. The number of nitrogens with zero attached hydrogens (tertiary/aromatic N) is 1. The number of ether oxygens (including phenoxy) is 2. The lowest BCUT2D eigenvalue weighted by molar-refractivity contribution is -0.151. The van der Waals surface area contributed by atoms with Gasteiger partial charge in [-0.15, -0.1) is 0 Å². The maximum absolute atomic E-state index is 13.1. The molecule has 8 heteroatoms. The van der Waals surface area contributed by atoms with E-state index < -0.39 is 36.3 Å². The van der Waals surface area contributed by atoms with Crippen LogP contribution in [-0.2, 0) is 20.7 Å². The zero-order valence-corrected chi connectivity index (χ0v) is 18.4. The van der Waals surface area contributed by atoms with Gasteiger partial charge in [-0.05, 0) is 29.8 Å². The summed E-state index contributed by atoms with van der Waals surface area (Å²) in [5.41, 5.74) is 1.62. The summed E-state index contributed by atoms with van der Waals surface area (Å²) in [6.07, 6.45) is 0.0548. The summed E-state index contributed by atoms with van der Waals surface area (Å²) in [5.74, 6) is -2.13. The van der Waals surface area contributed by atoms with Crippen molar-refractivity contribution < 1.29 is 28.7 Å². The van der Waals surface area contributed by atoms with E-state index in [4.69, 9.17) is 9.47 Å². The molecule has 0 fully saturated rings. The minimum atomic E-state index is -1.23. The molecule has 34 heavy (non-hydrogen) atoms. The van der Waals surface area contributed by atoms with Crippen LogP contribution in [-0.4, -0.2) is 48.3 Å². The van der Waals surface area contributed by atoms with Gasteiger partial charge < -0.3 is 14.8 Å². The molecule has 1 heterocycles. The molecular weight excluding hydrogens is 436 g/mol. The lowest BCUT2D eigenvalue weighted by Gasteiger charge is -2.24. The molecule has 172 valence electrons. The predicted molar refractivity (Wildman–Crippen MR) is 123 cm³/mol. The molecule has 0 saturated heterocycles. The maximum Gasteiger partial charge on any atom is 0.330 e. The van der Waals surface area contributed by atoms with E-state index in [0.29, 0.717) is 11.4 Å². The Morgan fingerprint density at radius 1 is 0.853 bits per heavy atom. The average Bonchev–Trinajstić information content (AvgIpc) is 3.12. The van der Waals surface area contributed by atoms with E-state index >= 15 is 0 Å². The van der Waals surface area contributed by atoms with E-state index in [1.54, 1.807) is 72.8 Å². The van der Waals surface area contributed by atoms with Gasteiger partial charge in [-0.3, -0.25) is 19.3 Å². The fraction of sp³-hybridized carbons (Fsp3) is 0.154. The highest BCUT2D eigenvalue weighted by Gasteiger charge is 2.43. The summed E-state index contributed by atoms with van der Waals surface area (Å²) in [6, 6.07) is 20.9. The molecule has 1 N–H and O–H groups in total. The number of para-hydroxylation sites is 2. The summed E-state index contributed by atoms with van der Waals surface area (Å²) < 4.78 is 10.4. The highest BCUT2D eigenvalue weighted by atomic mass is 16.5. The molecule has 1 aliphatic rings. The first kappa shape index (κ1) is 22.7. The first-order valence-electron chi connectivity index (χ1n) is 10.6. The number of imide groups is 1. The second-order valence-electron chi connectivity index (χ2n) is 7.59. The van der Waals surface area contributed by atoms with Gasteiger partial charge in [0.1, 0.15) is 11.8 Å². The number of fused-ring (bicyclic) bond motifs is 1. The summed E-state index contributed by atoms with van der Waals surface area (Å²) in [6.45, 7) is -0.592. The monoisotopic (exact) mass is 458 g/mol. The van der Waals surface area contributed by atoms with E-state index in [9.17, 15) is 19.2 Å². The maximum atomic E-state index is 13.1. The number of hydrogen-bond donors (Lipinski definition) is 1. The van der Waals surface area contributed by atoms with Crippen molar-refractivity contribution in [3.63, 3.8) is 0 Å². The lowest BCUT2D eigenvalue weighted by atomic mass is 10.0. The van der Waals surface area contributed by atoms with Crippen LogP contribution in [0.25, 0.3) is 0 Å². The van der Waals surface area contributed by atoms with Crippen molar-refractivity contribution >= 4 is 29.4 Å². The second kappa shape index (κ2) is 9.99. The Hall–Kier alpha value is -4.46. The molecule has 0 spiro atoms. The van der Waals surface area contributed by atoms with E-state index in [2.05, 4.69) is 5.32 Å². The van der Waals surface area contributed by atoms with Crippen molar-refractivity contribution in [3.8, 4) is 5.75 Å². The Morgan fingerprint density at radius 2 is 1.44 bits per heavy atom. The van der Waals surface area contributed by atoms with Crippen LogP contribution in [0.3, 0.4) is 0 Å². The van der Waals surface area contributed by atoms with Gasteiger partial charge in [0.25, 0.3) is 17.7 Å². The van der Waals surface area contributed by atoms with Crippen molar-refractivity contribution in [1.29, 1.82) is 0 Å². The molecule has 3 aromatic rings. The quantitative estimate of drug-likeness (QED) is 0.411. The number of hydrogen-bond acceptors (Lipinski definition) is 6. The van der Waals surface area contributed by atoms with Gasteiger partial charge in [0.05, 0.1) is 23.9 Å². The van der Waals surface area contributed by atoms with E-state index in [1.165, 1.54) is 7.11 Å². The molecule has 3 amide bonds. The highest BCUT2D eigenvalue weighted by Crippen LogP contribution is 2.27. The Kier molecular flexibility index (Phi) is 6.68. The molecule has 0 bridgehead atoms. The summed E-state index contributed by atoms with van der Waals surface area (Å²) >= 11 is 0. The molecule has 8 nitrogen and oxygen atoms in total. The van der Waals surface area contributed by atoms with Crippen LogP contribution < -0.4 is 10.1 Å². The Bertz CT molecular complexity index is 1210. The Labute approximate surface area is 196 Å². The third-order valence-electron chi connectivity index (χ3n) is 5.41. The molecule has 0 aromatic heterocycles. The number of carbonyl (C=O) groups excluding carboxylic acids is 4. The molecule has 3 aromatic carbocycles. The Balaban J connectivity index is 1.51. The number of amides is 3. The van der Waals surface area contributed by atoms with E-state index in [0.717, 1.165) is 10.5 Å². The van der Waals surface area contributed by atoms with Crippen LogP contribution in [0.1, 0.15) is 26.3 Å². The zero-order valence-electron chi connectivity index (χ0n) is 18.4. The topological polar surface area (TPSA) is 102 Å². The third-order valence-corrected chi connectivity index (χ3v) is 5.41. The molecule has 0 radical (unpaired) electrons. The molecule has 0 saturated carbocycles. The standard InChI is InChI=1S/C26H22N2O6/c1-33-22-14-8-7-13-20(22)27-23(29)16-34-26(32)21(15-17-9-3-2-4-10-17)28-24(30)18-11-5-6-12-19(18)25(28)31/h2-14,21H,15-16H2,1H3,(H,27,29)/t21-/m1/s1. The lowest BCUT2D eigenvalue weighted by Crippen LogP contribution is -2.47. The van der Waals surface area contributed by atoms with Crippen LogP contribution in [0, 0.1) is 0 Å². The first-order chi connectivity index (χ1) is 16.5. The van der Waals surface area contributed by atoms with Crippen LogP contribution in [0.15, 0.2) is 78.9 Å².